The molecule has 6 nitrogen and oxygen atoms in total. The second-order valence-electron chi connectivity index (χ2n) is 5.74. The molecule has 0 aliphatic carbocycles. The average molecular weight is 387 g/mol. The van der Waals surface area contributed by atoms with Gasteiger partial charge in [0, 0.05) is 24.8 Å². The Morgan fingerprint density at radius 3 is 2.28 bits per heavy atom. The number of benzene rings is 1. The first-order valence-corrected chi connectivity index (χ1v) is 8.53. The minimum absolute atomic E-state index is 0. The van der Waals surface area contributed by atoms with Crippen molar-refractivity contribution in [2.24, 2.45) is 0 Å². The maximum absolute atomic E-state index is 4.08. The van der Waals surface area contributed by atoms with Crippen LogP contribution < -0.4 is 0 Å². The standard InChI is InChI=1S/3C7H6N2.2CH4/c1-2-5-9-6-4-8-7(9)3-1;1-2-4-9-6-8-5-7(9)3-1;1-2-4-7-6(3-1)8-5-9-7;;/h2*1-6H;1-5H,(H,8,9);2*1H4. The average Bonchev–Trinajstić information content (AvgIpc) is 3.48. The first-order valence-electron chi connectivity index (χ1n) is 8.53. The molecule has 5 aromatic heterocycles. The van der Waals surface area contributed by atoms with Crippen molar-refractivity contribution in [2.75, 3.05) is 0 Å². The van der Waals surface area contributed by atoms with Gasteiger partial charge in [-0.1, -0.05) is 39.1 Å². The molecular weight excluding hydrogens is 360 g/mol. The Hall–Kier alpha value is -3.93. The summed E-state index contributed by atoms with van der Waals surface area (Å²) in [5.41, 5.74) is 4.25. The Morgan fingerprint density at radius 2 is 1.48 bits per heavy atom. The Bertz CT molecular complexity index is 1000. The van der Waals surface area contributed by atoms with Gasteiger partial charge in [0.1, 0.15) is 5.65 Å². The van der Waals surface area contributed by atoms with Gasteiger partial charge in [-0.05, 0) is 36.4 Å². The molecule has 0 saturated heterocycles. The van der Waals surface area contributed by atoms with Crippen molar-refractivity contribution in [1.29, 1.82) is 0 Å². The van der Waals surface area contributed by atoms with Crippen LogP contribution in [0.2, 0.25) is 0 Å². The SMILES string of the molecule is C.C.c1ccc2[nH]cnc2c1.c1ccn2ccnc2c1.c1ccn2cncc2c1. The maximum atomic E-state index is 4.08. The summed E-state index contributed by atoms with van der Waals surface area (Å²) in [6.07, 6.45) is 13.0. The third-order valence-electron chi connectivity index (χ3n) is 3.95. The zero-order chi connectivity index (χ0) is 18.3. The molecule has 5 heterocycles. The quantitative estimate of drug-likeness (QED) is 0.375. The molecule has 0 bridgehead atoms. The smallest absolute Gasteiger partial charge is 0.136 e. The highest BCUT2D eigenvalue weighted by Gasteiger charge is 1.88. The van der Waals surface area contributed by atoms with Crippen LogP contribution in [0.3, 0.4) is 0 Å². The zero-order valence-electron chi connectivity index (χ0n) is 14.6. The van der Waals surface area contributed by atoms with E-state index in [0.717, 1.165) is 22.2 Å². The molecule has 1 aromatic carbocycles. The van der Waals surface area contributed by atoms with Crippen molar-refractivity contribution in [3.05, 3.63) is 104 Å². The molecule has 6 heteroatoms. The molecule has 0 fully saturated rings. The summed E-state index contributed by atoms with van der Waals surface area (Å²) < 4.78 is 3.94. The number of H-pyrrole nitrogens is 1. The summed E-state index contributed by atoms with van der Waals surface area (Å²) in [5.74, 6) is 0. The van der Waals surface area contributed by atoms with E-state index in [0.29, 0.717) is 0 Å². The number of para-hydroxylation sites is 2. The number of imidazole rings is 3. The number of hydrogen-bond donors (Lipinski definition) is 1. The summed E-state index contributed by atoms with van der Waals surface area (Å²) >= 11 is 0. The maximum Gasteiger partial charge on any atom is 0.136 e. The molecule has 0 spiro atoms. The van der Waals surface area contributed by atoms with Gasteiger partial charge in [-0.25, -0.2) is 15.0 Å². The van der Waals surface area contributed by atoms with E-state index < -0.39 is 0 Å². The third-order valence-corrected chi connectivity index (χ3v) is 3.95. The number of rotatable bonds is 0. The molecule has 148 valence electrons. The lowest BCUT2D eigenvalue weighted by Crippen LogP contribution is -1.77. The van der Waals surface area contributed by atoms with E-state index in [1.54, 1.807) is 18.9 Å². The van der Waals surface area contributed by atoms with Gasteiger partial charge in [-0.15, -0.1) is 0 Å². The van der Waals surface area contributed by atoms with Crippen LogP contribution in [0.1, 0.15) is 14.9 Å². The van der Waals surface area contributed by atoms with Crippen LogP contribution in [0.4, 0.5) is 0 Å². The molecule has 0 aliphatic rings. The van der Waals surface area contributed by atoms with E-state index in [9.17, 15) is 0 Å². The molecule has 0 atom stereocenters. The van der Waals surface area contributed by atoms with E-state index in [1.807, 2.05) is 94.3 Å². The molecule has 0 saturated carbocycles. The van der Waals surface area contributed by atoms with Gasteiger partial charge in [0.15, 0.2) is 0 Å². The minimum Gasteiger partial charge on any atom is -0.345 e. The van der Waals surface area contributed by atoms with Gasteiger partial charge in [-0.2, -0.15) is 0 Å². The van der Waals surface area contributed by atoms with Gasteiger partial charge in [0.2, 0.25) is 0 Å². The summed E-state index contributed by atoms with van der Waals surface area (Å²) in [5, 5.41) is 0. The van der Waals surface area contributed by atoms with Crippen LogP contribution in [0.15, 0.2) is 104 Å². The highest BCUT2D eigenvalue weighted by atomic mass is 15.0. The lowest BCUT2D eigenvalue weighted by atomic mass is 10.3. The third kappa shape index (κ3) is 5.29. The fourth-order valence-corrected chi connectivity index (χ4v) is 2.61. The first kappa shape index (κ1) is 21.4. The summed E-state index contributed by atoms with van der Waals surface area (Å²) in [6.45, 7) is 0. The van der Waals surface area contributed by atoms with Crippen LogP contribution in [0, 0.1) is 0 Å². The zero-order valence-corrected chi connectivity index (χ0v) is 14.6. The monoisotopic (exact) mass is 386 g/mol. The van der Waals surface area contributed by atoms with Gasteiger partial charge < -0.3 is 13.8 Å². The topological polar surface area (TPSA) is 63.3 Å². The van der Waals surface area contributed by atoms with Crippen molar-refractivity contribution >= 4 is 22.2 Å². The predicted octanol–water partition coefficient (Wildman–Crippen LogP) is 5.50. The lowest BCUT2D eigenvalue weighted by molar-refractivity contribution is 1.15. The van der Waals surface area contributed by atoms with E-state index >= 15 is 0 Å². The molecule has 0 amide bonds. The van der Waals surface area contributed by atoms with Gasteiger partial charge >= 0.3 is 0 Å². The molecule has 29 heavy (non-hydrogen) atoms. The van der Waals surface area contributed by atoms with Crippen molar-refractivity contribution < 1.29 is 0 Å². The predicted molar refractivity (Wildman–Crippen MR) is 120 cm³/mol. The number of fused-ring (bicyclic) bond motifs is 3. The van der Waals surface area contributed by atoms with E-state index in [4.69, 9.17) is 0 Å². The fourth-order valence-electron chi connectivity index (χ4n) is 2.61. The fraction of sp³-hybridized carbons (Fsp3) is 0.0870. The van der Waals surface area contributed by atoms with Crippen LogP contribution in [-0.4, -0.2) is 28.7 Å². The highest BCUT2D eigenvalue weighted by molar-refractivity contribution is 5.73. The van der Waals surface area contributed by atoms with E-state index in [1.165, 1.54) is 0 Å². The van der Waals surface area contributed by atoms with Crippen LogP contribution >= 0.6 is 0 Å². The van der Waals surface area contributed by atoms with Crippen molar-refractivity contribution in [3.8, 4) is 0 Å². The molecule has 0 radical (unpaired) electrons. The molecule has 1 N–H and O–H groups in total. The molecule has 6 rings (SSSR count). The molecule has 6 aromatic rings. The number of nitrogens with one attached hydrogen (secondary N) is 1. The Kier molecular flexibility index (Phi) is 7.68. The highest BCUT2D eigenvalue weighted by Crippen LogP contribution is 2.05. The number of pyridine rings is 2. The lowest BCUT2D eigenvalue weighted by Gasteiger charge is -1.86. The summed E-state index contributed by atoms with van der Waals surface area (Å²) in [7, 11) is 0. The Morgan fingerprint density at radius 1 is 0.724 bits per heavy atom. The number of hydrogen-bond acceptors (Lipinski definition) is 3. The van der Waals surface area contributed by atoms with Crippen molar-refractivity contribution in [2.45, 2.75) is 14.9 Å². The van der Waals surface area contributed by atoms with Gasteiger partial charge in [-0.3, -0.25) is 0 Å². The van der Waals surface area contributed by atoms with Gasteiger partial charge in [0.05, 0.1) is 35.4 Å². The van der Waals surface area contributed by atoms with Crippen molar-refractivity contribution in [1.82, 2.24) is 28.7 Å². The van der Waals surface area contributed by atoms with Crippen LogP contribution in [0.25, 0.3) is 22.2 Å². The summed E-state index contributed by atoms with van der Waals surface area (Å²) in [6, 6.07) is 19.9. The Balaban J connectivity index is 0.000000150. The van der Waals surface area contributed by atoms with Crippen LogP contribution in [-0.2, 0) is 0 Å². The first-order chi connectivity index (χ1) is 13.4. The largest absolute Gasteiger partial charge is 0.345 e. The second kappa shape index (κ2) is 10.4. The molecular formula is C23H26N6. The number of aromatic amines is 1. The molecule has 0 unspecified atom stereocenters. The van der Waals surface area contributed by atoms with Crippen LogP contribution in [0.5, 0.6) is 0 Å². The normalized spacial score (nSPS) is 9.52. The summed E-state index contributed by atoms with van der Waals surface area (Å²) in [4.78, 5) is 15.1. The molecule has 0 aliphatic heterocycles. The second-order valence-corrected chi connectivity index (χ2v) is 5.74. The Labute approximate surface area is 170 Å². The minimum atomic E-state index is 0. The van der Waals surface area contributed by atoms with E-state index in [-0.39, 0.29) is 14.9 Å². The van der Waals surface area contributed by atoms with Gasteiger partial charge in [0.25, 0.3) is 0 Å². The van der Waals surface area contributed by atoms with E-state index in [2.05, 4.69) is 19.9 Å². The number of nitrogens with zero attached hydrogens (tertiary/aromatic N) is 5. The van der Waals surface area contributed by atoms with Crippen molar-refractivity contribution in [3.63, 3.8) is 0 Å². The number of aromatic nitrogens is 6.